The summed E-state index contributed by atoms with van der Waals surface area (Å²) in [7, 11) is -4.62. The van der Waals surface area contributed by atoms with Crippen LogP contribution in [-0.4, -0.2) is 60.5 Å². The number of carboxylic acid groups (broad SMARTS) is 1. The van der Waals surface area contributed by atoms with E-state index in [2.05, 4.69) is 50.3 Å². The number of phosphoric acid groups is 1. The van der Waals surface area contributed by atoms with Crippen molar-refractivity contribution in [1.29, 1.82) is 0 Å². The van der Waals surface area contributed by atoms with E-state index in [4.69, 9.17) is 29.4 Å². The van der Waals surface area contributed by atoms with Gasteiger partial charge >= 0.3 is 19.8 Å². The average Bonchev–Trinajstić information content (AvgIpc) is 3.19. The number of phosphoric ester groups is 1. The molecule has 0 aromatic carbocycles. The Labute approximate surface area is 348 Å². The van der Waals surface area contributed by atoms with Crippen LogP contribution < -0.4 is 5.73 Å². The number of allylic oxidation sites excluding steroid dienone is 6. The van der Waals surface area contributed by atoms with Crippen molar-refractivity contribution >= 4 is 19.8 Å². The second kappa shape index (κ2) is 42.3. The Hall–Kier alpha value is -1.81. The molecule has 0 aromatic heterocycles. The molecule has 3 atom stereocenters. The molecule has 57 heavy (non-hydrogen) atoms. The molecule has 0 heterocycles. The van der Waals surface area contributed by atoms with Gasteiger partial charge in [-0.2, -0.15) is 0 Å². The SMILES string of the molecule is CCCCCC/C=C\C/C=C\CCCCCCCC(=O)OC(COCCCCCCCCCC/C=C\CCCCCCCCC)COP(=O)(O)OCC(N)C(=O)O. The van der Waals surface area contributed by atoms with Crippen molar-refractivity contribution in [3.05, 3.63) is 36.5 Å². The molecule has 0 aromatic rings. The molecule has 0 aliphatic heterocycles. The maximum atomic E-state index is 12.6. The largest absolute Gasteiger partial charge is 0.480 e. The first kappa shape index (κ1) is 55.2. The Morgan fingerprint density at radius 1 is 0.561 bits per heavy atom. The maximum Gasteiger partial charge on any atom is 0.472 e. The lowest BCUT2D eigenvalue weighted by atomic mass is 10.1. The standard InChI is InChI=1S/C46H86NO9P/c1-3-5-7-9-11-13-15-17-19-21-22-23-25-27-29-31-33-35-37-39-53-40-43(41-54-57(51,52)55-42-44(47)46(49)50)56-45(48)38-36-34-32-30-28-26-24-20-18-16-14-12-10-8-6-4-2/h14,16,19-21,24,43-44H,3-13,15,17-18,22-23,25-42,47H2,1-2H3,(H,49,50)(H,51,52)/b16-14-,21-19-,24-20-. The van der Waals surface area contributed by atoms with Crippen LogP contribution in [0.3, 0.4) is 0 Å². The third-order valence-electron chi connectivity index (χ3n) is 9.89. The van der Waals surface area contributed by atoms with Crippen molar-refractivity contribution in [2.45, 2.75) is 219 Å². The van der Waals surface area contributed by atoms with Crippen molar-refractivity contribution in [2.24, 2.45) is 5.73 Å². The van der Waals surface area contributed by atoms with Crippen molar-refractivity contribution in [2.75, 3.05) is 26.4 Å². The van der Waals surface area contributed by atoms with Crippen molar-refractivity contribution in [3.63, 3.8) is 0 Å². The van der Waals surface area contributed by atoms with Gasteiger partial charge in [0.15, 0.2) is 0 Å². The number of rotatable bonds is 44. The van der Waals surface area contributed by atoms with Gasteiger partial charge in [-0.15, -0.1) is 0 Å². The Balaban J connectivity index is 4.22. The van der Waals surface area contributed by atoms with Gasteiger partial charge in [0, 0.05) is 13.0 Å². The number of nitrogens with two attached hydrogens (primary N) is 1. The summed E-state index contributed by atoms with van der Waals surface area (Å²) in [6, 6.07) is -1.48. The molecule has 11 heteroatoms. The topological polar surface area (TPSA) is 155 Å². The first-order chi connectivity index (χ1) is 27.7. The highest BCUT2D eigenvalue weighted by Crippen LogP contribution is 2.43. The Bertz CT molecular complexity index is 1050. The quantitative estimate of drug-likeness (QED) is 0.0234. The molecule has 0 radical (unpaired) electrons. The molecule has 0 spiro atoms. The number of carbonyl (C=O) groups excluding carboxylic acids is 1. The molecule has 334 valence electrons. The summed E-state index contributed by atoms with van der Waals surface area (Å²) in [6.45, 7) is 3.85. The fourth-order valence-corrected chi connectivity index (χ4v) is 7.05. The van der Waals surface area contributed by atoms with Crippen molar-refractivity contribution in [3.8, 4) is 0 Å². The highest BCUT2D eigenvalue weighted by Gasteiger charge is 2.27. The zero-order chi connectivity index (χ0) is 41.9. The summed E-state index contributed by atoms with van der Waals surface area (Å²) in [6.07, 6.45) is 47.6. The first-order valence-corrected chi connectivity index (χ1v) is 24.5. The maximum absolute atomic E-state index is 12.6. The van der Waals surface area contributed by atoms with E-state index in [1.54, 1.807) is 0 Å². The molecule has 0 amide bonds. The van der Waals surface area contributed by atoms with Gasteiger partial charge in [0.25, 0.3) is 0 Å². The van der Waals surface area contributed by atoms with E-state index in [0.29, 0.717) is 13.0 Å². The van der Waals surface area contributed by atoms with Gasteiger partial charge < -0.3 is 25.2 Å². The van der Waals surface area contributed by atoms with Crippen LogP contribution in [0.15, 0.2) is 36.5 Å². The molecule has 10 nitrogen and oxygen atoms in total. The van der Waals surface area contributed by atoms with E-state index in [1.165, 1.54) is 122 Å². The van der Waals surface area contributed by atoms with Gasteiger partial charge in [0.05, 0.1) is 19.8 Å². The van der Waals surface area contributed by atoms with E-state index < -0.39 is 45.1 Å². The van der Waals surface area contributed by atoms with Gasteiger partial charge in [0.1, 0.15) is 12.1 Å². The predicted octanol–water partition coefficient (Wildman–Crippen LogP) is 12.9. The smallest absolute Gasteiger partial charge is 0.472 e. The highest BCUT2D eigenvalue weighted by molar-refractivity contribution is 7.47. The second-order valence-electron chi connectivity index (χ2n) is 15.5. The lowest BCUT2D eigenvalue weighted by molar-refractivity contribution is -0.154. The lowest BCUT2D eigenvalue weighted by Gasteiger charge is -2.20. The van der Waals surface area contributed by atoms with Crippen LogP contribution in [0.25, 0.3) is 0 Å². The highest BCUT2D eigenvalue weighted by atomic mass is 31.2. The van der Waals surface area contributed by atoms with Crippen LogP contribution in [0.1, 0.15) is 206 Å². The number of carbonyl (C=O) groups is 2. The molecule has 3 unspecified atom stereocenters. The van der Waals surface area contributed by atoms with E-state index in [9.17, 15) is 19.0 Å². The van der Waals surface area contributed by atoms with Crippen LogP contribution in [0.4, 0.5) is 0 Å². The number of hydrogen-bond donors (Lipinski definition) is 3. The summed E-state index contributed by atoms with van der Waals surface area (Å²) in [4.78, 5) is 33.6. The Kier molecular flexibility index (Phi) is 41.0. The number of ether oxygens (including phenoxy) is 2. The fraction of sp³-hybridized carbons (Fsp3) is 0.826. The number of unbranched alkanes of at least 4 members (excludes halogenated alkanes) is 24. The third kappa shape index (κ3) is 42.1. The minimum atomic E-state index is -4.62. The minimum absolute atomic E-state index is 0.0101. The molecule has 0 aliphatic rings. The van der Waals surface area contributed by atoms with Crippen LogP contribution >= 0.6 is 7.82 Å². The number of aliphatic carboxylic acids is 1. The predicted molar refractivity (Wildman–Crippen MR) is 235 cm³/mol. The molecule has 0 rings (SSSR count). The van der Waals surface area contributed by atoms with Crippen molar-refractivity contribution in [1.82, 2.24) is 0 Å². The zero-order valence-electron chi connectivity index (χ0n) is 36.4. The number of esters is 1. The normalized spacial score (nSPS) is 14.2. The van der Waals surface area contributed by atoms with Gasteiger partial charge in [0.2, 0.25) is 0 Å². The summed E-state index contributed by atoms with van der Waals surface area (Å²) in [5.74, 6) is -1.79. The van der Waals surface area contributed by atoms with E-state index in [1.807, 2.05) is 0 Å². The van der Waals surface area contributed by atoms with Gasteiger partial charge in [-0.05, 0) is 70.6 Å². The summed E-state index contributed by atoms with van der Waals surface area (Å²) < 4.78 is 33.4. The van der Waals surface area contributed by atoms with Crippen LogP contribution in [0.2, 0.25) is 0 Å². The van der Waals surface area contributed by atoms with E-state index in [0.717, 1.165) is 57.8 Å². The molecule has 0 aliphatic carbocycles. The number of carboxylic acids is 1. The second-order valence-corrected chi connectivity index (χ2v) is 17.0. The van der Waals surface area contributed by atoms with Gasteiger partial charge in [-0.25, -0.2) is 4.57 Å². The number of hydrogen-bond acceptors (Lipinski definition) is 8. The molecular weight excluding hydrogens is 741 g/mol. The van der Waals surface area contributed by atoms with Gasteiger partial charge in [-0.3, -0.25) is 18.6 Å². The fourth-order valence-electron chi connectivity index (χ4n) is 6.28. The molecule has 0 bridgehead atoms. The van der Waals surface area contributed by atoms with Crippen LogP contribution in [0.5, 0.6) is 0 Å². The molecule has 0 fully saturated rings. The van der Waals surface area contributed by atoms with E-state index >= 15 is 0 Å². The summed E-state index contributed by atoms with van der Waals surface area (Å²) >= 11 is 0. The Morgan fingerprint density at radius 2 is 0.965 bits per heavy atom. The molecule has 0 saturated carbocycles. The first-order valence-electron chi connectivity index (χ1n) is 23.0. The average molecular weight is 828 g/mol. The van der Waals surface area contributed by atoms with Crippen molar-refractivity contribution < 1.29 is 42.7 Å². The Morgan fingerprint density at radius 3 is 1.46 bits per heavy atom. The third-order valence-corrected chi connectivity index (χ3v) is 10.8. The van der Waals surface area contributed by atoms with Crippen LogP contribution in [-0.2, 0) is 32.7 Å². The van der Waals surface area contributed by atoms with Crippen LogP contribution in [0, 0.1) is 0 Å². The lowest BCUT2D eigenvalue weighted by Crippen LogP contribution is -2.34. The summed E-state index contributed by atoms with van der Waals surface area (Å²) in [5.41, 5.74) is 5.36. The summed E-state index contributed by atoms with van der Waals surface area (Å²) in [5, 5.41) is 8.90. The molecule has 0 saturated heterocycles. The monoisotopic (exact) mass is 828 g/mol. The van der Waals surface area contributed by atoms with Gasteiger partial charge in [-0.1, -0.05) is 166 Å². The van der Waals surface area contributed by atoms with E-state index in [-0.39, 0.29) is 13.0 Å². The molecular formula is C46H86NO9P. The molecule has 4 N–H and O–H groups in total. The minimum Gasteiger partial charge on any atom is -0.480 e. The zero-order valence-corrected chi connectivity index (χ0v) is 37.3.